The lowest BCUT2D eigenvalue weighted by molar-refractivity contribution is 0.0240. The highest BCUT2D eigenvalue weighted by Gasteiger charge is 2.31. The Morgan fingerprint density at radius 2 is 2.00 bits per heavy atom. The molecule has 106 valence electrons. The summed E-state index contributed by atoms with van der Waals surface area (Å²) in [5, 5.41) is 3.65. The molecule has 3 nitrogen and oxygen atoms in total. The molecule has 0 bridgehead atoms. The molecule has 2 heterocycles. The van der Waals surface area contributed by atoms with Gasteiger partial charge in [0.15, 0.2) is 0 Å². The van der Waals surface area contributed by atoms with Gasteiger partial charge in [0.25, 0.3) is 0 Å². The predicted molar refractivity (Wildman–Crippen MR) is 78.0 cm³/mol. The zero-order valence-electron chi connectivity index (χ0n) is 12.5. The Hall–Kier alpha value is -0.120. The fourth-order valence-electron chi connectivity index (χ4n) is 3.41. The Kier molecular flexibility index (Phi) is 5.46. The van der Waals surface area contributed by atoms with Crippen molar-refractivity contribution in [2.24, 2.45) is 0 Å². The van der Waals surface area contributed by atoms with Crippen molar-refractivity contribution in [3.63, 3.8) is 0 Å². The van der Waals surface area contributed by atoms with Gasteiger partial charge in [-0.3, -0.25) is 9.80 Å². The molecule has 3 atom stereocenters. The van der Waals surface area contributed by atoms with Gasteiger partial charge in [-0.2, -0.15) is 0 Å². The maximum atomic E-state index is 3.65. The Labute approximate surface area is 113 Å². The van der Waals surface area contributed by atoms with Crippen LogP contribution < -0.4 is 5.32 Å². The zero-order chi connectivity index (χ0) is 13.0. The molecule has 2 aliphatic rings. The van der Waals surface area contributed by atoms with E-state index in [0.717, 1.165) is 12.6 Å². The predicted octanol–water partition coefficient (Wildman–Crippen LogP) is 1.93. The monoisotopic (exact) mass is 253 g/mol. The second-order valence-corrected chi connectivity index (χ2v) is 6.16. The van der Waals surface area contributed by atoms with Crippen LogP contribution in [0.15, 0.2) is 0 Å². The van der Waals surface area contributed by atoms with Crippen LogP contribution in [0.25, 0.3) is 0 Å². The van der Waals surface area contributed by atoms with E-state index in [9.17, 15) is 0 Å². The zero-order valence-corrected chi connectivity index (χ0v) is 12.5. The Bertz CT molecular complexity index is 244. The number of rotatable bonds is 5. The Balaban J connectivity index is 1.82. The molecule has 0 spiro atoms. The molecule has 0 saturated carbocycles. The van der Waals surface area contributed by atoms with Crippen molar-refractivity contribution < 1.29 is 0 Å². The molecular weight excluding hydrogens is 222 g/mol. The van der Waals surface area contributed by atoms with Crippen LogP contribution in [0.4, 0.5) is 0 Å². The summed E-state index contributed by atoms with van der Waals surface area (Å²) in [6.45, 7) is 13.3. The minimum atomic E-state index is 0.611. The van der Waals surface area contributed by atoms with E-state index >= 15 is 0 Å². The van der Waals surface area contributed by atoms with Gasteiger partial charge in [0.05, 0.1) is 0 Å². The number of fused-ring (bicyclic) bond motifs is 1. The van der Waals surface area contributed by atoms with Crippen LogP contribution in [-0.2, 0) is 0 Å². The first-order chi connectivity index (χ1) is 8.72. The second kappa shape index (κ2) is 6.88. The molecule has 0 aromatic heterocycles. The van der Waals surface area contributed by atoms with E-state index in [-0.39, 0.29) is 0 Å². The molecule has 0 radical (unpaired) electrons. The van der Waals surface area contributed by atoms with Crippen molar-refractivity contribution in [3.8, 4) is 0 Å². The van der Waals surface area contributed by atoms with Gasteiger partial charge < -0.3 is 5.32 Å². The molecule has 0 aromatic rings. The van der Waals surface area contributed by atoms with E-state index in [2.05, 4.69) is 35.9 Å². The molecule has 3 heteroatoms. The summed E-state index contributed by atoms with van der Waals surface area (Å²) in [4.78, 5) is 5.43. The summed E-state index contributed by atoms with van der Waals surface area (Å²) < 4.78 is 0. The summed E-state index contributed by atoms with van der Waals surface area (Å²) in [5.74, 6) is 0. The van der Waals surface area contributed by atoms with E-state index in [1.807, 2.05) is 0 Å². The first-order valence-electron chi connectivity index (χ1n) is 7.94. The van der Waals surface area contributed by atoms with E-state index in [4.69, 9.17) is 0 Å². The van der Waals surface area contributed by atoms with Gasteiger partial charge in [-0.15, -0.1) is 0 Å². The Morgan fingerprint density at radius 3 is 2.78 bits per heavy atom. The standard InChI is InChI=1S/C15H31N3/c1-4-8-16-13(2)14(3)18-11-10-17-9-6-5-7-15(17)12-18/h13-16H,4-12H2,1-3H3. The van der Waals surface area contributed by atoms with Crippen LogP contribution in [0, 0.1) is 0 Å². The summed E-state index contributed by atoms with van der Waals surface area (Å²) in [7, 11) is 0. The smallest absolute Gasteiger partial charge is 0.0223 e. The average molecular weight is 253 g/mol. The SMILES string of the molecule is CCCNC(C)C(C)N1CCN2CCCCC2C1. The highest BCUT2D eigenvalue weighted by atomic mass is 15.3. The number of piperidine rings is 1. The number of nitrogens with zero attached hydrogens (tertiary/aromatic N) is 2. The number of piperazine rings is 1. The fourth-order valence-corrected chi connectivity index (χ4v) is 3.41. The average Bonchev–Trinajstić information content (AvgIpc) is 2.43. The van der Waals surface area contributed by atoms with E-state index in [1.165, 1.54) is 51.9 Å². The minimum Gasteiger partial charge on any atom is -0.313 e. The van der Waals surface area contributed by atoms with Crippen LogP contribution in [0.1, 0.15) is 46.5 Å². The Morgan fingerprint density at radius 1 is 1.17 bits per heavy atom. The molecule has 0 amide bonds. The lowest BCUT2D eigenvalue weighted by atomic mass is 9.97. The van der Waals surface area contributed by atoms with Gasteiger partial charge in [-0.1, -0.05) is 13.3 Å². The van der Waals surface area contributed by atoms with Crippen molar-refractivity contribution in [1.82, 2.24) is 15.1 Å². The van der Waals surface area contributed by atoms with Crippen molar-refractivity contribution >= 4 is 0 Å². The summed E-state index contributed by atoms with van der Waals surface area (Å²) in [5.41, 5.74) is 0. The number of nitrogens with one attached hydrogen (secondary N) is 1. The van der Waals surface area contributed by atoms with Gasteiger partial charge in [0.2, 0.25) is 0 Å². The highest BCUT2D eigenvalue weighted by molar-refractivity contribution is 4.89. The van der Waals surface area contributed by atoms with E-state index in [1.54, 1.807) is 0 Å². The normalized spacial score (nSPS) is 29.8. The lowest BCUT2D eigenvalue weighted by Gasteiger charge is -2.47. The topological polar surface area (TPSA) is 18.5 Å². The molecule has 0 aromatic carbocycles. The number of hydrogen-bond donors (Lipinski definition) is 1. The van der Waals surface area contributed by atoms with Gasteiger partial charge in [0.1, 0.15) is 0 Å². The van der Waals surface area contributed by atoms with Gasteiger partial charge in [-0.05, 0) is 46.2 Å². The van der Waals surface area contributed by atoms with Crippen LogP contribution in [0.3, 0.4) is 0 Å². The van der Waals surface area contributed by atoms with E-state index in [0.29, 0.717) is 12.1 Å². The molecule has 1 N–H and O–H groups in total. The molecular formula is C15H31N3. The third kappa shape index (κ3) is 3.46. The molecule has 2 fully saturated rings. The number of hydrogen-bond acceptors (Lipinski definition) is 3. The maximum absolute atomic E-state index is 3.65. The van der Waals surface area contributed by atoms with Crippen LogP contribution >= 0.6 is 0 Å². The van der Waals surface area contributed by atoms with Crippen LogP contribution in [0.5, 0.6) is 0 Å². The van der Waals surface area contributed by atoms with Crippen LogP contribution in [-0.4, -0.2) is 60.6 Å². The minimum absolute atomic E-state index is 0.611. The van der Waals surface area contributed by atoms with Crippen molar-refractivity contribution in [2.75, 3.05) is 32.7 Å². The quantitative estimate of drug-likeness (QED) is 0.808. The molecule has 2 saturated heterocycles. The molecule has 2 aliphatic heterocycles. The highest BCUT2D eigenvalue weighted by Crippen LogP contribution is 2.22. The fraction of sp³-hybridized carbons (Fsp3) is 1.00. The van der Waals surface area contributed by atoms with Crippen molar-refractivity contribution in [1.29, 1.82) is 0 Å². The van der Waals surface area contributed by atoms with E-state index < -0.39 is 0 Å². The van der Waals surface area contributed by atoms with Crippen LogP contribution in [0.2, 0.25) is 0 Å². The lowest BCUT2D eigenvalue weighted by Crippen LogP contribution is -2.59. The second-order valence-electron chi connectivity index (χ2n) is 6.16. The van der Waals surface area contributed by atoms with Gasteiger partial charge in [-0.25, -0.2) is 0 Å². The molecule has 18 heavy (non-hydrogen) atoms. The summed E-state index contributed by atoms with van der Waals surface area (Å²) in [6.07, 6.45) is 5.50. The third-order valence-electron chi connectivity index (χ3n) is 4.88. The first-order valence-corrected chi connectivity index (χ1v) is 7.94. The molecule has 0 aliphatic carbocycles. The first kappa shape index (κ1) is 14.3. The third-order valence-corrected chi connectivity index (χ3v) is 4.88. The van der Waals surface area contributed by atoms with Gasteiger partial charge >= 0.3 is 0 Å². The van der Waals surface area contributed by atoms with Crippen molar-refractivity contribution in [3.05, 3.63) is 0 Å². The summed E-state index contributed by atoms with van der Waals surface area (Å²) >= 11 is 0. The maximum Gasteiger partial charge on any atom is 0.0223 e. The largest absolute Gasteiger partial charge is 0.313 e. The molecule has 3 unspecified atom stereocenters. The summed E-state index contributed by atoms with van der Waals surface area (Å²) in [6, 6.07) is 2.12. The van der Waals surface area contributed by atoms with Crippen molar-refractivity contribution in [2.45, 2.75) is 64.6 Å². The molecule has 2 rings (SSSR count). The van der Waals surface area contributed by atoms with Gasteiger partial charge in [0, 0.05) is 37.8 Å².